The van der Waals surface area contributed by atoms with Crippen molar-refractivity contribution in [3.63, 3.8) is 0 Å². The van der Waals surface area contributed by atoms with Gasteiger partial charge in [0.25, 0.3) is 5.89 Å². The molecule has 0 spiro atoms. The van der Waals surface area contributed by atoms with Gasteiger partial charge in [-0.2, -0.15) is 10.1 Å². The molecule has 0 saturated carbocycles. The van der Waals surface area contributed by atoms with Gasteiger partial charge >= 0.3 is 6.09 Å². The predicted molar refractivity (Wildman–Crippen MR) is 125 cm³/mol. The zero-order valence-corrected chi connectivity index (χ0v) is 20.0. The third-order valence-corrected chi connectivity index (χ3v) is 6.17. The minimum Gasteiger partial charge on any atom is -0.443 e. The predicted octanol–water partition coefficient (Wildman–Crippen LogP) is 5.39. The van der Waals surface area contributed by atoms with Crippen molar-refractivity contribution < 1.29 is 14.1 Å². The molecule has 4 aromatic rings. The number of hydrogen-bond acceptors (Lipinski definition) is 6. The van der Waals surface area contributed by atoms with Crippen LogP contribution in [-0.4, -0.2) is 36.2 Å². The van der Waals surface area contributed by atoms with Crippen molar-refractivity contribution in [2.24, 2.45) is 12.5 Å². The van der Waals surface area contributed by atoms with Crippen LogP contribution in [0.25, 0.3) is 33.9 Å². The van der Waals surface area contributed by atoms with Crippen LogP contribution in [0.1, 0.15) is 52.3 Å². The van der Waals surface area contributed by atoms with Crippen LogP contribution in [0.5, 0.6) is 0 Å². The summed E-state index contributed by atoms with van der Waals surface area (Å²) >= 11 is 0. The summed E-state index contributed by atoms with van der Waals surface area (Å²) in [7, 11) is 1.97. The van der Waals surface area contributed by atoms with Gasteiger partial charge in [0.2, 0.25) is 5.82 Å². The Bertz CT molecular complexity index is 1370. The molecule has 3 heterocycles. The number of aromatic nitrogens is 5. The first-order valence-electron chi connectivity index (χ1n) is 11.2. The third kappa shape index (κ3) is 3.83. The molecule has 1 aliphatic carbocycles. The van der Waals surface area contributed by atoms with Crippen LogP contribution >= 0.6 is 0 Å². The van der Waals surface area contributed by atoms with Gasteiger partial charge in [0, 0.05) is 35.5 Å². The van der Waals surface area contributed by atoms with E-state index in [2.05, 4.69) is 19.0 Å². The fourth-order valence-corrected chi connectivity index (χ4v) is 4.53. The standard InChI is InChI=1S/C25H29N5O3/c1-24(2,3)32-23(31)30-13-11-15-16(8-7-9-18(15)30)21-26-22(33-28-21)20-17-10-12-25(4,5)14-19(17)29(6)27-20/h7-9,11,13H,10,12,14H2,1-6H3. The first-order valence-corrected chi connectivity index (χ1v) is 11.2. The molecule has 8 nitrogen and oxygen atoms in total. The molecule has 0 aliphatic heterocycles. The Labute approximate surface area is 192 Å². The van der Waals surface area contributed by atoms with Crippen molar-refractivity contribution in [1.82, 2.24) is 24.5 Å². The number of benzene rings is 1. The number of aryl methyl sites for hydroxylation is 1. The quantitative estimate of drug-likeness (QED) is 0.409. The molecule has 0 fully saturated rings. The van der Waals surface area contributed by atoms with E-state index in [9.17, 15) is 4.79 Å². The van der Waals surface area contributed by atoms with Gasteiger partial charge in [-0.3, -0.25) is 9.25 Å². The molecule has 0 radical (unpaired) electrons. The highest BCUT2D eigenvalue weighted by molar-refractivity contribution is 5.98. The van der Waals surface area contributed by atoms with Crippen molar-refractivity contribution in [2.75, 3.05) is 0 Å². The highest BCUT2D eigenvalue weighted by Crippen LogP contribution is 2.39. The fourth-order valence-electron chi connectivity index (χ4n) is 4.53. The van der Waals surface area contributed by atoms with Crippen LogP contribution in [0, 0.1) is 5.41 Å². The minimum absolute atomic E-state index is 0.259. The normalized spacial score (nSPS) is 15.6. The third-order valence-electron chi connectivity index (χ3n) is 6.17. The second kappa shape index (κ2) is 7.30. The molecule has 0 atom stereocenters. The number of fused-ring (bicyclic) bond motifs is 2. The molecule has 0 N–H and O–H groups in total. The van der Waals surface area contributed by atoms with Crippen LogP contribution in [0.3, 0.4) is 0 Å². The summed E-state index contributed by atoms with van der Waals surface area (Å²) in [6.45, 7) is 10.1. The van der Waals surface area contributed by atoms with Gasteiger partial charge in [0.1, 0.15) is 5.60 Å². The molecule has 0 bridgehead atoms. The molecule has 1 aromatic carbocycles. The monoisotopic (exact) mass is 447 g/mol. The van der Waals surface area contributed by atoms with E-state index in [0.29, 0.717) is 11.7 Å². The van der Waals surface area contributed by atoms with Crippen molar-refractivity contribution >= 4 is 17.0 Å². The maximum Gasteiger partial charge on any atom is 0.418 e. The van der Waals surface area contributed by atoms with Gasteiger partial charge < -0.3 is 9.26 Å². The van der Waals surface area contributed by atoms with E-state index in [1.807, 2.05) is 56.8 Å². The molecule has 0 unspecified atom stereocenters. The largest absolute Gasteiger partial charge is 0.443 e. The number of carbonyl (C=O) groups is 1. The van der Waals surface area contributed by atoms with Gasteiger partial charge in [-0.25, -0.2) is 4.79 Å². The zero-order valence-electron chi connectivity index (χ0n) is 20.0. The average Bonchev–Trinajstić information content (AvgIpc) is 3.43. The highest BCUT2D eigenvalue weighted by Gasteiger charge is 2.32. The number of hydrogen-bond donors (Lipinski definition) is 0. The van der Waals surface area contributed by atoms with E-state index >= 15 is 0 Å². The first kappa shape index (κ1) is 21.4. The molecule has 8 heteroatoms. The second-order valence-corrected chi connectivity index (χ2v) is 10.6. The Hall–Kier alpha value is -3.42. The van der Waals surface area contributed by atoms with Gasteiger partial charge in [-0.15, -0.1) is 0 Å². The number of ether oxygens (including phenoxy) is 1. The molecule has 172 valence electrons. The molecule has 1 aliphatic rings. The first-order chi connectivity index (χ1) is 15.5. The minimum atomic E-state index is -0.578. The Morgan fingerprint density at radius 1 is 1.21 bits per heavy atom. The van der Waals surface area contributed by atoms with Gasteiger partial charge in [0.15, 0.2) is 5.69 Å². The van der Waals surface area contributed by atoms with E-state index in [-0.39, 0.29) is 5.41 Å². The van der Waals surface area contributed by atoms with Crippen molar-refractivity contribution in [2.45, 2.75) is 59.5 Å². The summed E-state index contributed by atoms with van der Waals surface area (Å²) < 4.78 is 14.6. The molecule has 5 rings (SSSR count). The smallest absolute Gasteiger partial charge is 0.418 e. The molecule has 0 saturated heterocycles. The van der Waals surface area contributed by atoms with Crippen LogP contribution < -0.4 is 0 Å². The van der Waals surface area contributed by atoms with Crippen LogP contribution in [0.15, 0.2) is 35.0 Å². The summed E-state index contributed by atoms with van der Waals surface area (Å²) in [5.41, 5.74) is 4.39. The van der Waals surface area contributed by atoms with Crippen LogP contribution in [0.4, 0.5) is 4.79 Å². The zero-order chi connectivity index (χ0) is 23.5. The maximum atomic E-state index is 12.6. The van der Waals surface area contributed by atoms with E-state index in [1.165, 1.54) is 15.8 Å². The Morgan fingerprint density at radius 2 is 2.00 bits per heavy atom. The summed E-state index contributed by atoms with van der Waals surface area (Å²) in [6, 6.07) is 7.54. The highest BCUT2D eigenvalue weighted by atomic mass is 16.6. The fraction of sp³-hybridized carbons (Fsp3) is 0.440. The lowest BCUT2D eigenvalue weighted by Gasteiger charge is -2.29. The summed E-state index contributed by atoms with van der Waals surface area (Å²) in [5.74, 6) is 0.887. The Kier molecular flexibility index (Phi) is 4.74. The Balaban J connectivity index is 1.52. The van der Waals surface area contributed by atoms with Gasteiger partial charge in [0.05, 0.1) is 5.52 Å². The maximum absolute atomic E-state index is 12.6. The number of carbonyl (C=O) groups excluding carboxylic acids is 1. The van der Waals surface area contributed by atoms with Crippen molar-refractivity contribution in [3.05, 3.63) is 41.7 Å². The Morgan fingerprint density at radius 3 is 2.76 bits per heavy atom. The average molecular weight is 448 g/mol. The lowest BCUT2D eigenvalue weighted by molar-refractivity contribution is 0.0544. The van der Waals surface area contributed by atoms with Gasteiger partial charge in [-0.05, 0) is 57.6 Å². The van der Waals surface area contributed by atoms with Gasteiger partial charge in [-0.1, -0.05) is 31.1 Å². The lowest BCUT2D eigenvalue weighted by atomic mass is 9.76. The summed E-state index contributed by atoms with van der Waals surface area (Å²) in [4.78, 5) is 17.3. The molecular weight excluding hydrogens is 418 g/mol. The summed E-state index contributed by atoms with van der Waals surface area (Å²) in [6.07, 6.45) is 4.30. The molecule has 3 aromatic heterocycles. The van der Waals surface area contributed by atoms with Crippen molar-refractivity contribution in [3.8, 4) is 23.0 Å². The number of nitrogens with zero attached hydrogens (tertiary/aromatic N) is 5. The topological polar surface area (TPSA) is 88.0 Å². The van der Waals surface area contributed by atoms with E-state index in [0.717, 1.165) is 41.4 Å². The van der Waals surface area contributed by atoms with E-state index in [4.69, 9.17) is 19.3 Å². The summed E-state index contributed by atoms with van der Waals surface area (Å²) in [5, 5.41) is 9.81. The van der Waals surface area contributed by atoms with Crippen LogP contribution in [0.2, 0.25) is 0 Å². The van der Waals surface area contributed by atoms with E-state index < -0.39 is 11.7 Å². The molecule has 33 heavy (non-hydrogen) atoms. The SMILES string of the molecule is Cn1nc(-c2nc(-c3cccc4c3ccn4C(=O)OC(C)(C)C)no2)c2c1CC(C)(C)CC2. The lowest BCUT2D eigenvalue weighted by Crippen LogP contribution is -2.26. The van der Waals surface area contributed by atoms with Crippen molar-refractivity contribution in [1.29, 1.82) is 0 Å². The molecular formula is C25H29N5O3. The molecule has 0 amide bonds. The van der Waals surface area contributed by atoms with E-state index in [1.54, 1.807) is 6.20 Å². The second-order valence-electron chi connectivity index (χ2n) is 10.6. The number of rotatable bonds is 2. The van der Waals surface area contributed by atoms with Crippen LogP contribution in [-0.2, 0) is 24.6 Å².